The van der Waals surface area contributed by atoms with Crippen molar-refractivity contribution in [3.63, 3.8) is 0 Å². The second kappa shape index (κ2) is 16.8. The molecule has 10 heteroatoms. The highest BCUT2D eigenvalue weighted by atomic mass is 16.6. The molecule has 3 saturated heterocycles. The quantitative estimate of drug-likeness (QED) is 0.0947. The van der Waals surface area contributed by atoms with Gasteiger partial charge in [0.15, 0.2) is 0 Å². The van der Waals surface area contributed by atoms with E-state index in [0.717, 1.165) is 88.0 Å². The number of aliphatic hydroxyl groups excluding tert-OH is 1. The molecule has 4 aromatic rings. The van der Waals surface area contributed by atoms with E-state index in [0.29, 0.717) is 35.5 Å². The minimum atomic E-state index is -0.757. The molecule has 0 spiro atoms. The fraction of sp³-hybridized carbons (Fsp3) is 0.436. The summed E-state index contributed by atoms with van der Waals surface area (Å²) in [6.07, 6.45) is 6.15. The second-order valence-electron chi connectivity index (χ2n) is 13.3. The molecule has 3 aliphatic heterocycles. The number of nitrogens with one attached hydrogen (secondary N) is 3. The molecule has 10 nitrogen and oxygen atoms in total. The number of aromatic hydroxyl groups is 1. The predicted octanol–water partition coefficient (Wildman–Crippen LogP) is 5.80. The topological polar surface area (TPSA) is 136 Å². The Hall–Kier alpha value is -4.38. The first kappa shape index (κ1) is 34.5. The van der Waals surface area contributed by atoms with E-state index in [1.807, 2.05) is 54.6 Å². The van der Waals surface area contributed by atoms with Crippen molar-refractivity contribution in [1.82, 2.24) is 20.5 Å². The fourth-order valence-corrected chi connectivity index (χ4v) is 7.09. The maximum Gasteiger partial charge on any atom is 0.408 e. The van der Waals surface area contributed by atoms with Crippen molar-refractivity contribution in [2.75, 3.05) is 39.3 Å². The Morgan fingerprint density at radius 1 is 0.918 bits per heavy atom. The van der Waals surface area contributed by atoms with Crippen LogP contribution in [0.1, 0.15) is 73.8 Å². The summed E-state index contributed by atoms with van der Waals surface area (Å²) in [5.41, 5.74) is 2.64. The van der Waals surface area contributed by atoms with Crippen molar-refractivity contribution >= 4 is 17.0 Å². The highest BCUT2D eigenvalue weighted by Gasteiger charge is 2.37. The summed E-state index contributed by atoms with van der Waals surface area (Å²) in [5, 5.41) is 27.9. The highest BCUT2D eigenvalue weighted by molar-refractivity contribution is 5.87. The van der Waals surface area contributed by atoms with Gasteiger partial charge >= 0.3 is 6.09 Å². The molecule has 5 N–H and O–H groups in total. The minimum Gasteiger partial charge on any atom is -0.506 e. The van der Waals surface area contributed by atoms with Crippen molar-refractivity contribution in [1.29, 1.82) is 0 Å². The van der Waals surface area contributed by atoms with Gasteiger partial charge in [-0.15, -0.1) is 0 Å². The van der Waals surface area contributed by atoms with E-state index in [1.165, 1.54) is 12.1 Å². The van der Waals surface area contributed by atoms with E-state index in [4.69, 9.17) is 9.47 Å². The Labute approximate surface area is 287 Å². The van der Waals surface area contributed by atoms with Gasteiger partial charge in [-0.2, -0.15) is 0 Å². The number of hydrogen-bond donors (Lipinski definition) is 5. The van der Waals surface area contributed by atoms with Gasteiger partial charge in [0.2, 0.25) is 5.56 Å². The second-order valence-corrected chi connectivity index (χ2v) is 13.3. The number of aromatic amines is 1. The third-order valence-electron chi connectivity index (χ3n) is 9.81. The molecule has 1 amide bonds. The Morgan fingerprint density at radius 2 is 1.69 bits per heavy atom. The summed E-state index contributed by atoms with van der Waals surface area (Å²) in [4.78, 5) is 29.8. The molecule has 7 rings (SSSR count). The van der Waals surface area contributed by atoms with Gasteiger partial charge in [0, 0.05) is 24.5 Å². The van der Waals surface area contributed by atoms with Gasteiger partial charge in [-0.1, -0.05) is 67.8 Å². The van der Waals surface area contributed by atoms with Crippen LogP contribution < -0.4 is 20.9 Å². The third kappa shape index (κ3) is 9.20. The van der Waals surface area contributed by atoms with Gasteiger partial charge in [0.05, 0.1) is 24.3 Å². The summed E-state index contributed by atoms with van der Waals surface area (Å²) in [7, 11) is 0. The molecule has 3 fully saturated rings. The lowest BCUT2D eigenvalue weighted by molar-refractivity contribution is -0.0336. The molecule has 260 valence electrons. The van der Waals surface area contributed by atoms with Crippen LogP contribution in [0.25, 0.3) is 10.9 Å². The molecule has 1 aromatic heterocycles. The van der Waals surface area contributed by atoms with Gasteiger partial charge in [-0.3, -0.25) is 9.69 Å². The van der Waals surface area contributed by atoms with E-state index in [-0.39, 0.29) is 29.5 Å². The van der Waals surface area contributed by atoms with Crippen LogP contribution in [0.15, 0.2) is 83.7 Å². The van der Waals surface area contributed by atoms with E-state index in [9.17, 15) is 19.8 Å². The molecule has 0 aliphatic carbocycles. The minimum absolute atomic E-state index is 0.0157. The lowest BCUT2D eigenvalue weighted by Gasteiger charge is -2.43. The number of amides is 1. The number of carbonyl (C=O) groups excluding carboxylic acids is 1. The Balaban J connectivity index is 0.902. The van der Waals surface area contributed by atoms with Gasteiger partial charge in [-0.25, -0.2) is 4.79 Å². The first-order chi connectivity index (χ1) is 23.9. The normalized spacial score (nSPS) is 19.7. The number of phenols is 1. The van der Waals surface area contributed by atoms with Gasteiger partial charge in [0.25, 0.3) is 0 Å². The number of phenolic OH excluding ortho intramolecular Hbond substituents is 1. The average Bonchev–Trinajstić information content (AvgIpc) is 3.12. The summed E-state index contributed by atoms with van der Waals surface area (Å²) >= 11 is 0. The third-order valence-corrected chi connectivity index (χ3v) is 9.81. The molecule has 1 unspecified atom stereocenters. The van der Waals surface area contributed by atoms with E-state index in [1.54, 1.807) is 12.1 Å². The maximum absolute atomic E-state index is 13.1. The molecule has 3 aliphatic rings. The number of carbonyl (C=O) groups is 1. The summed E-state index contributed by atoms with van der Waals surface area (Å²) in [6, 6.07) is 23.8. The van der Waals surface area contributed by atoms with Crippen molar-refractivity contribution in [3.8, 4) is 11.5 Å². The number of fused-ring (bicyclic) bond motifs is 4. The molecule has 4 heterocycles. The number of aromatic nitrogens is 1. The van der Waals surface area contributed by atoms with E-state index in [2.05, 4.69) is 20.5 Å². The SMILES string of the molecule is O=C(NC(c1ccccc1)c1cccc(OCCCCCCCNC[C@H](O)c2ccc(O)c3[nH]c(=O)ccc23)c1)O[C@H]1CN2CCC1CC2. The lowest BCUT2D eigenvalue weighted by atomic mass is 9.86. The number of aliphatic hydroxyl groups is 1. The molecule has 49 heavy (non-hydrogen) atoms. The molecule has 0 saturated carbocycles. The van der Waals surface area contributed by atoms with Crippen LogP contribution in [0.5, 0.6) is 11.5 Å². The van der Waals surface area contributed by atoms with Crippen LogP contribution in [0, 0.1) is 5.92 Å². The highest BCUT2D eigenvalue weighted by Crippen LogP contribution is 2.31. The van der Waals surface area contributed by atoms with Gasteiger partial charge < -0.3 is 35.3 Å². The van der Waals surface area contributed by atoms with Crippen LogP contribution in [0.3, 0.4) is 0 Å². The Kier molecular flexibility index (Phi) is 11.8. The number of ether oxygens (including phenoxy) is 2. The lowest BCUT2D eigenvalue weighted by Crippen LogP contribution is -2.52. The summed E-state index contributed by atoms with van der Waals surface area (Å²) < 4.78 is 12.1. The van der Waals surface area contributed by atoms with Gasteiger partial charge in [-0.05, 0) is 92.2 Å². The first-order valence-electron chi connectivity index (χ1n) is 17.7. The van der Waals surface area contributed by atoms with E-state index >= 15 is 0 Å². The standard InChI is InChI=1S/C39H48N4O6/c44-33-16-14-31(32-15-17-36(46)41-38(32)33)34(45)25-40-20-7-2-1-3-8-23-48-30-13-9-12-29(24-30)37(28-10-5-4-6-11-28)42-39(47)49-35-26-43-21-18-27(35)19-22-43/h4-6,9-17,24,27,34-35,37,40,44-45H,1-3,7-8,18-23,25-26H2,(H,41,46)(H,42,47)/t34-,35-,37?/m0/s1. The Morgan fingerprint density at radius 3 is 2.49 bits per heavy atom. The number of piperidine rings is 3. The summed E-state index contributed by atoms with van der Waals surface area (Å²) in [5.74, 6) is 1.22. The first-order valence-corrected chi connectivity index (χ1v) is 17.7. The number of hydrogen-bond acceptors (Lipinski definition) is 8. The Bertz CT molecular complexity index is 1720. The maximum atomic E-state index is 13.1. The van der Waals surface area contributed by atoms with Crippen molar-refractivity contribution < 1.29 is 24.5 Å². The van der Waals surface area contributed by atoms with Crippen LogP contribution >= 0.6 is 0 Å². The van der Waals surface area contributed by atoms with Crippen molar-refractivity contribution in [2.24, 2.45) is 5.92 Å². The molecule has 2 bridgehead atoms. The number of alkyl carbamates (subject to hydrolysis) is 1. The zero-order chi connectivity index (χ0) is 34.0. The number of H-pyrrole nitrogens is 1. The summed E-state index contributed by atoms with van der Waals surface area (Å²) in [6.45, 7) is 4.81. The number of nitrogens with zero attached hydrogens (tertiary/aromatic N) is 1. The molecular formula is C39H48N4O6. The van der Waals surface area contributed by atoms with E-state index < -0.39 is 6.10 Å². The zero-order valence-electron chi connectivity index (χ0n) is 28.0. The fourth-order valence-electron chi connectivity index (χ4n) is 7.09. The predicted molar refractivity (Wildman–Crippen MR) is 190 cm³/mol. The molecule has 3 aromatic carbocycles. The monoisotopic (exact) mass is 668 g/mol. The van der Waals surface area contributed by atoms with Gasteiger partial charge in [0.1, 0.15) is 17.6 Å². The van der Waals surface area contributed by atoms with Crippen molar-refractivity contribution in [3.05, 3.63) is 106 Å². The number of rotatable bonds is 16. The number of benzene rings is 3. The van der Waals surface area contributed by atoms with Crippen LogP contribution in [0.4, 0.5) is 4.79 Å². The molecule has 0 radical (unpaired) electrons. The van der Waals surface area contributed by atoms with Crippen molar-refractivity contribution in [2.45, 2.75) is 63.2 Å². The smallest absolute Gasteiger partial charge is 0.408 e. The number of pyridine rings is 1. The molecular weight excluding hydrogens is 620 g/mol. The molecule has 3 atom stereocenters. The zero-order valence-corrected chi connectivity index (χ0v) is 28.0. The van der Waals surface area contributed by atoms with Crippen LogP contribution in [-0.2, 0) is 4.74 Å². The largest absolute Gasteiger partial charge is 0.506 e. The average molecular weight is 669 g/mol. The van der Waals surface area contributed by atoms with Crippen LogP contribution in [-0.4, -0.2) is 71.6 Å². The van der Waals surface area contributed by atoms with Crippen LogP contribution in [0.2, 0.25) is 0 Å². The number of unbranched alkanes of at least 4 members (excludes halogenated alkanes) is 4.